The lowest BCUT2D eigenvalue weighted by Gasteiger charge is -2.15. The van der Waals surface area contributed by atoms with Crippen molar-refractivity contribution in [3.8, 4) is 0 Å². The lowest BCUT2D eigenvalue weighted by Crippen LogP contribution is -2.38. The van der Waals surface area contributed by atoms with Gasteiger partial charge in [0.2, 0.25) is 5.91 Å². The van der Waals surface area contributed by atoms with Crippen molar-refractivity contribution in [3.63, 3.8) is 0 Å². The first-order valence-corrected chi connectivity index (χ1v) is 5.79. The average molecular weight is 244 g/mol. The van der Waals surface area contributed by atoms with Gasteiger partial charge in [-0.25, -0.2) is 0 Å². The van der Waals surface area contributed by atoms with Crippen molar-refractivity contribution in [2.24, 2.45) is 11.7 Å². The summed E-state index contributed by atoms with van der Waals surface area (Å²) in [6, 6.07) is -0.0736. The van der Waals surface area contributed by atoms with Crippen LogP contribution in [-0.4, -0.2) is 42.8 Å². The zero-order chi connectivity index (χ0) is 12.8. The molecule has 6 nitrogen and oxygen atoms in total. The second-order valence-corrected chi connectivity index (χ2v) is 4.47. The van der Waals surface area contributed by atoms with Crippen molar-refractivity contribution in [1.82, 2.24) is 5.32 Å². The number of carboxylic acid groups (broad SMARTS) is 1. The first-order chi connectivity index (χ1) is 8.02. The van der Waals surface area contributed by atoms with Crippen LogP contribution in [0, 0.1) is 5.92 Å². The van der Waals surface area contributed by atoms with Gasteiger partial charge in [-0.05, 0) is 18.8 Å². The van der Waals surface area contributed by atoms with Gasteiger partial charge in [-0.1, -0.05) is 0 Å². The first kappa shape index (κ1) is 13.9. The van der Waals surface area contributed by atoms with Crippen LogP contribution in [0.5, 0.6) is 0 Å². The third kappa shape index (κ3) is 5.65. The van der Waals surface area contributed by atoms with E-state index in [-0.39, 0.29) is 24.9 Å². The minimum absolute atomic E-state index is 0.0736. The van der Waals surface area contributed by atoms with Crippen molar-refractivity contribution in [1.29, 1.82) is 0 Å². The fraction of sp³-hybridized carbons (Fsp3) is 0.818. The van der Waals surface area contributed by atoms with Gasteiger partial charge in [0, 0.05) is 26.1 Å². The Balaban J connectivity index is 2.18. The van der Waals surface area contributed by atoms with Crippen LogP contribution in [0.1, 0.15) is 25.7 Å². The molecule has 0 saturated heterocycles. The van der Waals surface area contributed by atoms with Crippen molar-refractivity contribution in [2.75, 3.05) is 13.7 Å². The average Bonchev–Trinajstić information content (AvgIpc) is 3.07. The molecular formula is C11H20N2O4. The van der Waals surface area contributed by atoms with Gasteiger partial charge in [0.25, 0.3) is 0 Å². The van der Waals surface area contributed by atoms with Crippen LogP contribution in [0.4, 0.5) is 0 Å². The van der Waals surface area contributed by atoms with Crippen LogP contribution in [-0.2, 0) is 14.3 Å². The van der Waals surface area contributed by atoms with E-state index in [1.54, 1.807) is 0 Å². The predicted molar refractivity (Wildman–Crippen MR) is 61.4 cm³/mol. The third-order valence-corrected chi connectivity index (χ3v) is 2.91. The van der Waals surface area contributed by atoms with Gasteiger partial charge >= 0.3 is 5.97 Å². The highest BCUT2D eigenvalue weighted by Gasteiger charge is 2.29. The minimum Gasteiger partial charge on any atom is -0.481 e. The maximum absolute atomic E-state index is 11.5. The molecular weight excluding hydrogens is 224 g/mol. The number of carboxylic acids is 1. The van der Waals surface area contributed by atoms with Crippen molar-refractivity contribution in [3.05, 3.63) is 0 Å². The lowest BCUT2D eigenvalue weighted by atomic mass is 10.1. The summed E-state index contributed by atoms with van der Waals surface area (Å²) >= 11 is 0. The van der Waals surface area contributed by atoms with E-state index >= 15 is 0 Å². The molecule has 4 N–H and O–H groups in total. The van der Waals surface area contributed by atoms with E-state index in [2.05, 4.69) is 5.32 Å². The van der Waals surface area contributed by atoms with E-state index < -0.39 is 12.1 Å². The largest absolute Gasteiger partial charge is 0.481 e. The summed E-state index contributed by atoms with van der Waals surface area (Å²) in [6.45, 7) is 0.207. The molecule has 0 aliphatic heterocycles. The Labute approximate surface area is 101 Å². The zero-order valence-corrected chi connectivity index (χ0v) is 10.0. The molecule has 17 heavy (non-hydrogen) atoms. The number of methoxy groups -OCH3 is 1. The topological polar surface area (TPSA) is 102 Å². The van der Waals surface area contributed by atoms with Crippen molar-refractivity contribution in [2.45, 2.75) is 37.8 Å². The predicted octanol–water partition coefficient (Wildman–Crippen LogP) is -0.280. The molecule has 2 unspecified atom stereocenters. The Hall–Kier alpha value is -1.14. The van der Waals surface area contributed by atoms with E-state index in [9.17, 15) is 9.59 Å². The van der Waals surface area contributed by atoms with Crippen LogP contribution in [0.3, 0.4) is 0 Å². The summed E-state index contributed by atoms with van der Waals surface area (Å²) in [5, 5.41) is 11.2. The monoisotopic (exact) mass is 244 g/mol. The fourth-order valence-corrected chi connectivity index (χ4v) is 1.64. The fourth-order valence-electron chi connectivity index (χ4n) is 1.64. The molecule has 1 aliphatic rings. The van der Waals surface area contributed by atoms with Gasteiger partial charge in [-0.2, -0.15) is 0 Å². The Kier molecular flexibility index (Phi) is 5.37. The molecule has 2 atom stereocenters. The zero-order valence-electron chi connectivity index (χ0n) is 10.0. The number of amides is 1. The van der Waals surface area contributed by atoms with Gasteiger partial charge in [-0.15, -0.1) is 0 Å². The van der Waals surface area contributed by atoms with Crippen LogP contribution in [0.25, 0.3) is 0 Å². The summed E-state index contributed by atoms with van der Waals surface area (Å²) in [6.07, 6.45) is 1.90. The third-order valence-electron chi connectivity index (χ3n) is 2.91. The van der Waals surface area contributed by atoms with Crippen molar-refractivity contribution >= 4 is 11.9 Å². The number of aliphatic carboxylic acids is 1. The van der Waals surface area contributed by atoms with Gasteiger partial charge in [0.05, 0.1) is 12.5 Å². The van der Waals surface area contributed by atoms with Gasteiger partial charge < -0.3 is 20.9 Å². The Morgan fingerprint density at radius 1 is 1.47 bits per heavy atom. The molecule has 1 saturated carbocycles. The van der Waals surface area contributed by atoms with E-state index in [1.807, 2.05) is 0 Å². The van der Waals surface area contributed by atoms with E-state index in [1.165, 1.54) is 7.11 Å². The molecule has 0 aromatic carbocycles. The second-order valence-electron chi connectivity index (χ2n) is 4.47. The van der Waals surface area contributed by atoms with Gasteiger partial charge in [0.1, 0.15) is 0 Å². The molecule has 0 aromatic rings. The van der Waals surface area contributed by atoms with Gasteiger partial charge in [-0.3, -0.25) is 9.59 Å². The van der Waals surface area contributed by atoms with Crippen LogP contribution >= 0.6 is 0 Å². The van der Waals surface area contributed by atoms with E-state index in [4.69, 9.17) is 15.6 Å². The van der Waals surface area contributed by atoms with E-state index in [0.717, 1.165) is 12.8 Å². The first-order valence-electron chi connectivity index (χ1n) is 5.79. The quantitative estimate of drug-likeness (QED) is 0.545. The lowest BCUT2D eigenvalue weighted by molar-refractivity contribution is -0.140. The second kappa shape index (κ2) is 6.56. The Morgan fingerprint density at radius 2 is 2.12 bits per heavy atom. The summed E-state index contributed by atoms with van der Waals surface area (Å²) in [4.78, 5) is 22.0. The molecule has 1 rings (SSSR count). The summed E-state index contributed by atoms with van der Waals surface area (Å²) in [7, 11) is 1.43. The van der Waals surface area contributed by atoms with Crippen LogP contribution in [0.2, 0.25) is 0 Å². The highest BCUT2D eigenvalue weighted by atomic mass is 16.5. The maximum atomic E-state index is 11.5. The van der Waals surface area contributed by atoms with Crippen molar-refractivity contribution < 1.29 is 19.4 Å². The SMILES string of the molecule is COC(CNC(=O)CC(N)C1CC1)CC(=O)O. The molecule has 1 fully saturated rings. The molecule has 0 radical (unpaired) electrons. The van der Waals surface area contributed by atoms with E-state index in [0.29, 0.717) is 12.3 Å². The molecule has 0 spiro atoms. The number of hydrogen-bond donors (Lipinski definition) is 3. The van der Waals surface area contributed by atoms with Crippen LogP contribution < -0.4 is 11.1 Å². The number of nitrogens with one attached hydrogen (secondary N) is 1. The minimum atomic E-state index is -0.944. The maximum Gasteiger partial charge on any atom is 0.306 e. The number of hydrogen-bond acceptors (Lipinski definition) is 4. The number of nitrogens with two attached hydrogens (primary N) is 1. The number of ether oxygens (including phenoxy) is 1. The number of carbonyl (C=O) groups excluding carboxylic acids is 1. The Bertz CT molecular complexity index is 279. The number of rotatable bonds is 8. The highest BCUT2D eigenvalue weighted by molar-refractivity contribution is 5.76. The summed E-state index contributed by atoms with van der Waals surface area (Å²) < 4.78 is 4.95. The molecule has 1 amide bonds. The molecule has 6 heteroatoms. The van der Waals surface area contributed by atoms with Gasteiger partial charge in [0.15, 0.2) is 0 Å². The molecule has 0 aromatic heterocycles. The Morgan fingerprint density at radius 3 is 2.59 bits per heavy atom. The smallest absolute Gasteiger partial charge is 0.306 e. The molecule has 1 aliphatic carbocycles. The highest BCUT2D eigenvalue weighted by Crippen LogP contribution is 2.32. The molecule has 0 heterocycles. The van der Waals surface area contributed by atoms with Crippen LogP contribution in [0.15, 0.2) is 0 Å². The summed E-state index contributed by atoms with van der Waals surface area (Å²) in [5.74, 6) is -0.601. The molecule has 0 bridgehead atoms. The summed E-state index contributed by atoms with van der Waals surface area (Å²) in [5.41, 5.74) is 5.81. The standard InChI is InChI=1S/C11H20N2O4/c1-17-8(4-11(15)16)6-13-10(14)5-9(12)7-2-3-7/h7-9H,2-6,12H2,1H3,(H,13,14)(H,15,16). The molecule has 98 valence electrons. The normalized spacial score (nSPS) is 18.5. The number of carbonyl (C=O) groups is 2.